The van der Waals surface area contributed by atoms with Crippen LogP contribution >= 0.6 is 0 Å². The van der Waals surface area contributed by atoms with Crippen LogP contribution in [0.4, 0.5) is 5.69 Å². The van der Waals surface area contributed by atoms with E-state index in [1.165, 1.54) is 4.31 Å². The molecule has 0 spiro atoms. The van der Waals surface area contributed by atoms with E-state index in [2.05, 4.69) is 18.7 Å². The van der Waals surface area contributed by atoms with E-state index in [-0.39, 0.29) is 24.2 Å². The number of esters is 1. The van der Waals surface area contributed by atoms with Crippen LogP contribution < -0.4 is 4.90 Å². The number of rotatable bonds is 9. The maximum absolute atomic E-state index is 12.7. The third-order valence-electron chi connectivity index (χ3n) is 5.84. The summed E-state index contributed by atoms with van der Waals surface area (Å²) in [6.07, 6.45) is 0.981. The minimum Gasteiger partial charge on any atom is -0.461 e. The molecule has 0 radical (unpaired) electrons. The van der Waals surface area contributed by atoms with Gasteiger partial charge in [-0.3, -0.25) is 4.79 Å². The monoisotopic (exact) mass is 444 g/mol. The molecule has 31 heavy (non-hydrogen) atoms. The first-order chi connectivity index (χ1) is 14.9. The molecular formula is C24H32N2O4S. The molecule has 0 amide bonds. The summed E-state index contributed by atoms with van der Waals surface area (Å²) in [5, 5.41) is 0. The van der Waals surface area contributed by atoms with Crippen LogP contribution in [0, 0.1) is 5.92 Å². The van der Waals surface area contributed by atoms with Crippen molar-refractivity contribution in [3.8, 4) is 0 Å². The summed E-state index contributed by atoms with van der Waals surface area (Å²) < 4.78 is 32.5. The predicted octanol–water partition coefficient (Wildman–Crippen LogP) is 3.82. The number of benzene rings is 2. The molecule has 0 aliphatic carbocycles. The summed E-state index contributed by atoms with van der Waals surface area (Å²) in [6, 6.07) is 17.2. The third-order valence-corrected chi connectivity index (χ3v) is 7.69. The molecule has 7 heteroatoms. The SMILES string of the molecule is CCN(CC)c1ccccc1COC(=O)C1CCN(S(=O)(=O)Cc2ccccc2)CC1. The number of ether oxygens (including phenoxy) is 1. The van der Waals surface area contributed by atoms with Crippen LogP contribution in [0.3, 0.4) is 0 Å². The van der Waals surface area contributed by atoms with Gasteiger partial charge in [-0.05, 0) is 38.3 Å². The molecule has 0 N–H and O–H groups in total. The van der Waals surface area contributed by atoms with E-state index in [0.717, 1.165) is 29.9 Å². The highest BCUT2D eigenvalue weighted by molar-refractivity contribution is 7.88. The largest absolute Gasteiger partial charge is 0.461 e. The van der Waals surface area contributed by atoms with Gasteiger partial charge in [0.25, 0.3) is 0 Å². The second-order valence-electron chi connectivity index (χ2n) is 7.82. The minimum absolute atomic E-state index is 0.00884. The Balaban J connectivity index is 1.53. The van der Waals surface area contributed by atoms with E-state index in [1.807, 2.05) is 54.6 Å². The standard InChI is InChI=1S/C24H32N2O4S/c1-3-25(4-2)23-13-9-8-12-22(23)18-30-24(27)21-14-16-26(17-15-21)31(28,29)19-20-10-6-5-7-11-20/h5-13,21H,3-4,14-19H2,1-2H3. The van der Waals surface area contributed by atoms with Gasteiger partial charge in [0.15, 0.2) is 0 Å². The molecule has 1 aliphatic heterocycles. The number of hydrogen-bond acceptors (Lipinski definition) is 5. The van der Waals surface area contributed by atoms with Crippen LogP contribution in [0.15, 0.2) is 54.6 Å². The van der Waals surface area contributed by atoms with Gasteiger partial charge in [-0.1, -0.05) is 48.5 Å². The van der Waals surface area contributed by atoms with Crippen LogP contribution in [0.2, 0.25) is 0 Å². The summed E-state index contributed by atoms with van der Waals surface area (Å²) in [7, 11) is -3.39. The molecule has 0 atom stereocenters. The highest BCUT2D eigenvalue weighted by Crippen LogP contribution is 2.25. The van der Waals surface area contributed by atoms with E-state index in [1.54, 1.807) is 0 Å². The summed E-state index contributed by atoms with van der Waals surface area (Å²) in [4.78, 5) is 14.9. The molecule has 168 valence electrons. The zero-order valence-electron chi connectivity index (χ0n) is 18.4. The van der Waals surface area contributed by atoms with Crippen molar-refractivity contribution in [2.75, 3.05) is 31.1 Å². The molecule has 1 heterocycles. The van der Waals surface area contributed by atoms with Crippen molar-refractivity contribution in [1.82, 2.24) is 4.31 Å². The van der Waals surface area contributed by atoms with Crippen LogP contribution in [-0.2, 0) is 31.9 Å². The van der Waals surface area contributed by atoms with Gasteiger partial charge in [-0.25, -0.2) is 12.7 Å². The second kappa shape index (κ2) is 10.8. The Kier molecular flexibility index (Phi) is 8.09. The zero-order valence-corrected chi connectivity index (χ0v) is 19.2. The van der Waals surface area contributed by atoms with Crippen LogP contribution in [-0.4, -0.2) is 44.9 Å². The lowest BCUT2D eigenvalue weighted by molar-refractivity contribution is -0.151. The Morgan fingerprint density at radius 2 is 1.61 bits per heavy atom. The molecular weight excluding hydrogens is 412 g/mol. The molecule has 0 unspecified atom stereocenters. The van der Waals surface area contributed by atoms with Crippen LogP contribution in [0.25, 0.3) is 0 Å². The lowest BCUT2D eigenvalue weighted by Gasteiger charge is -2.30. The van der Waals surface area contributed by atoms with Gasteiger partial charge >= 0.3 is 5.97 Å². The zero-order chi connectivity index (χ0) is 22.3. The molecule has 2 aromatic carbocycles. The Morgan fingerprint density at radius 3 is 2.26 bits per heavy atom. The number of carbonyl (C=O) groups is 1. The second-order valence-corrected chi connectivity index (χ2v) is 9.79. The average molecular weight is 445 g/mol. The molecule has 1 saturated heterocycles. The van der Waals surface area contributed by atoms with E-state index < -0.39 is 10.0 Å². The van der Waals surface area contributed by atoms with Gasteiger partial charge in [0.1, 0.15) is 6.61 Å². The maximum Gasteiger partial charge on any atom is 0.309 e. The van der Waals surface area contributed by atoms with E-state index in [0.29, 0.717) is 25.9 Å². The lowest BCUT2D eigenvalue weighted by atomic mass is 9.98. The van der Waals surface area contributed by atoms with Crippen LogP contribution in [0.5, 0.6) is 0 Å². The number of para-hydroxylation sites is 1. The summed E-state index contributed by atoms with van der Waals surface area (Å²) in [6.45, 7) is 6.92. The smallest absolute Gasteiger partial charge is 0.309 e. The highest BCUT2D eigenvalue weighted by Gasteiger charge is 2.32. The Morgan fingerprint density at radius 1 is 1.00 bits per heavy atom. The molecule has 1 aliphatic rings. The normalized spacial score (nSPS) is 15.5. The minimum atomic E-state index is -3.39. The molecule has 3 rings (SSSR count). The molecule has 0 saturated carbocycles. The Labute approximate surface area is 185 Å². The number of sulfonamides is 1. The predicted molar refractivity (Wildman–Crippen MR) is 123 cm³/mol. The van der Waals surface area contributed by atoms with Crippen molar-refractivity contribution in [2.45, 2.75) is 39.0 Å². The van der Waals surface area contributed by atoms with Crippen molar-refractivity contribution in [3.63, 3.8) is 0 Å². The summed E-state index contributed by atoms with van der Waals surface area (Å²) in [5.74, 6) is -0.510. The van der Waals surface area contributed by atoms with E-state index in [9.17, 15) is 13.2 Å². The number of nitrogens with zero attached hydrogens (tertiary/aromatic N) is 2. The number of hydrogen-bond donors (Lipinski definition) is 0. The first kappa shape index (κ1) is 23.3. The Bertz CT molecular complexity index is 951. The van der Waals surface area contributed by atoms with Gasteiger partial charge in [0.2, 0.25) is 10.0 Å². The highest BCUT2D eigenvalue weighted by atomic mass is 32.2. The van der Waals surface area contributed by atoms with Gasteiger partial charge in [-0.15, -0.1) is 0 Å². The first-order valence-corrected chi connectivity index (χ1v) is 12.6. The van der Waals surface area contributed by atoms with Gasteiger partial charge < -0.3 is 9.64 Å². The number of carbonyl (C=O) groups excluding carboxylic acids is 1. The molecule has 6 nitrogen and oxygen atoms in total. The van der Waals surface area contributed by atoms with Crippen molar-refractivity contribution in [1.29, 1.82) is 0 Å². The summed E-state index contributed by atoms with van der Waals surface area (Å²) >= 11 is 0. The van der Waals surface area contributed by atoms with Crippen molar-refractivity contribution in [3.05, 3.63) is 65.7 Å². The third kappa shape index (κ3) is 6.08. The quantitative estimate of drug-likeness (QED) is 0.550. The molecule has 1 fully saturated rings. The molecule has 2 aromatic rings. The van der Waals surface area contributed by atoms with E-state index >= 15 is 0 Å². The van der Waals surface area contributed by atoms with Crippen molar-refractivity contribution >= 4 is 21.7 Å². The number of piperidine rings is 1. The Hall–Kier alpha value is -2.38. The first-order valence-electron chi connectivity index (χ1n) is 11.0. The topological polar surface area (TPSA) is 66.9 Å². The van der Waals surface area contributed by atoms with Crippen molar-refractivity contribution in [2.24, 2.45) is 5.92 Å². The summed E-state index contributed by atoms with van der Waals surface area (Å²) in [5.41, 5.74) is 2.85. The fraction of sp³-hybridized carbons (Fsp3) is 0.458. The fourth-order valence-electron chi connectivity index (χ4n) is 4.02. The lowest BCUT2D eigenvalue weighted by Crippen LogP contribution is -2.41. The van der Waals surface area contributed by atoms with Crippen LogP contribution in [0.1, 0.15) is 37.8 Å². The molecule has 0 aromatic heterocycles. The maximum atomic E-state index is 12.7. The van der Waals surface area contributed by atoms with Gasteiger partial charge in [0.05, 0.1) is 11.7 Å². The number of anilines is 1. The van der Waals surface area contributed by atoms with E-state index in [4.69, 9.17) is 4.74 Å². The average Bonchev–Trinajstić information content (AvgIpc) is 2.79. The van der Waals surface area contributed by atoms with Crippen molar-refractivity contribution < 1.29 is 17.9 Å². The van der Waals surface area contributed by atoms with Gasteiger partial charge in [-0.2, -0.15) is 0 Å². The fourth-order valence-corrected chi connectivity index (χ4v) is 5.58. The molecule has 0 bridgehead atoms. The van der Waals surface area contributed by atoms with Gasteiger partial charge in [0, 0.05) is 37.4 Å².